The van der Waals surface area contributed by atoms with Gasteiger partial charge in [-0.15, -0.1) is 0 Å². The van der Waals surface area contributed by atoms with E-state index < -0.39 is 0 Å². The number of aromatic nitrogens is 3. The average Bonchev–Trinajstić information content (AvgIpc) is 3.31. The van der Waals surface area contributed by atoms with Gasteiger partial charge in [0.1, 0.15) is 0 Å². The monoisotopic (exact) mass is 737 g/mol. The molecule has 270 valence electrons. The van der Waals surface area contributed by atoms with Crippen molar-refractivity contribution in [3.05, 3.63) is 212 Å². The van der Waals surface area contributed by atoms with Crippen molar-refractivity contribution in [3.8, 4) is 67.4 Å². The Kier molecular flexibility index (Phi) is 8.15. The van der Waals surface area contributed by atoms with Gasteiger partial charge in [-0.05, 0) is 108 Å². The fraction of sp³-hybridized carbons (Fsp3) is 0. The number of pyridine rings is 1. The van der Waals surface area contributed by atoms with Crippen molar-refractivity contribution in [2.75, 3.05) is 0 Å². The lowest BCUT2D eigenvalue weighted by atomic mass is 9.87. The zero-order valence-corrected chi connectivity index (χ0v) is 31.5. The van der Waals surface area contributed by atoms with Crippen LogP contribution in [0.25, 0.3) is 111 Å². The molecular weight excluding hydrogens is 703 g/mol. The number of hydrogen-bond donors (Lipinski definition) is 0. The molecule has 0 aliphatic rings. The molecule has 58 heavy (non-hydrogen) atoms. The van der Waals surface area contributed by atoms with Crippen molar-refractivity contribution in [1.82, 2.24) is 15.0 Å². The molecule has 2 heterocycles. The highest BCUT2D eigenvalue weighted by Gasteiger charge is 2.18. The Morgan fingerprint density at radius 2 is 0.810 bits per heavy atom. The summed E-state index contributed by atoms with van der Waals surface area (Å²) >= 11 is 0. The standard InChI is InChI=1S/C55H35N3/c1-2-16-37(17-3-1)53-35-54(47-26-11-10-25-46(47)52-27-12-13-30-56-52)58-55(57-53)41-20-14-19-39(32-41)48-33-50-45-24-9-7-22-43(45)49(34-51(50)44-23-8-6-21-42(44)48)40-29-28-36-15-4-5-18-38(36)31-40/h1-35H. The zero-order valence-electron chi connectivity index (χ0n) is 31.5. The molecule has 0 bridgehead atoms. The van der Waals surface area contributed by atoms with Gasteiger partial charge in [-0.1, -0.05) is 164 Å². The number of hydrogen-bond acceptors (Lipinski definition) is 3. The molecule has 0 atom stereocenters. The van der Waals surface area contributed by atoms with Gasteiger partial charge in [-0.2, -0.15) is 0 Å². The van der Waals surface area contributed by atoms with Gasteiger partial charge in [-0.25, -0.2) is 9.97 Å². The molecule has 3 nitrogen and oxygen atoms in total. The molecule has 0 aliphatic carbocycles. The summed E-state index contributed by atoms with van der Waals surface area (Å²) in [6.07, 6.45) is 1.83. The highest BCUT2D eigenvalue weighted by atomic mass is 14.9. The van der Waals surface area contributed by atoms with Crippen LogP contribution in [-0.4, -0.2) is 15.0 Å². The van der Waals surface area contributed by atoms with E-state index in [0.717, 1.165) is 44.9 Å². The van der Waals surface area contributed by atoms with E-state index in [2.05, 4.69) is 182 Å². The van der Waals surface area contributed by atoms with Gasteiger partial charge in [0.25, 0.3) is 0 Å². The van der Waals surface area contributed by atoms with E-state index >= 15 is 0 Å². The molecular formula is C55H35N3. The van der Waals surface area contributed by atoms with E-state index in [1.165, 1.54) is 59.8 Å². The normalized spacial score (nSPS) is 11.4. The third-order valence-electron chi connectivity index (χ3n) is 11.3. The first-order chi connectivity index (χ1) is 28.7. The molecule has 0 spiro atoms. The van der Waals surface area contributed by atoms with Gasteiger partial charge in [0, 0.05) is 28.5 Å². The van der Waals surface area contributed by atoms with Gasteiger partial charge in [0.15, 0.2) is 5.82 Å². The van der Waals surface area contributed by atoms with Crippen LogP contribution in [0, 0.1) is 0 Å². The molecule has 0 unspecified atom stereocenters. The summed E-state index contributed by atoms with van der Waals surface area (Å²) in [5, 5.41) is 9.87. The van der Waals surface area contributed by atoms with Crippen molar-refractivity contribution < 1.29 is 0 Å². The average molecular weight is 738 g/mol. The van der Waals surface area contributed by atoms with Crippen LogP contribution in [0.3, 0.4) is 0 Å². The lowest BCUT2D eigenvalue weighted by Crippen LogP contribution is -1.97. The van der Waals surface area contributed by atoms with Crippen LogP contribution >= 0.6 is 0 Å². The van der Waals surface area contributed by atoms with E-state index in [0.29, 0.717) is 5.82 Å². The van der Waals surface area contributed by atoms with Gasteiger partial charge in [-0.3, -0.25) is 4.98 Å². The second-order valence-corrected chi connectivity index (χ2v) is 14.8. The molecule has 0 fully saturated rings. The van der Waals surface area contributed by atoms with Gasteiger partial charge < -0.3 is 0 Å². The van der Waals surface area contributed by atoms with E-state index in [-0.39, 0.29) is 0 Å². The largest absolute Gasteiger partial charge is 0.256 e. The summed E-state index contributed by atoms with van der Waals surface area (Å²) < 4.78 is 0. The van der Waals surface area contributed by atoms with Crippen molar-refractivity contribution >= 4 is 43.1 Å². The Hall–Kier alpha value is -7.75. The third-order valence-corrected chi connectivity index (χ3v) is 11.3. The smallest absolute Gasteiger partial charge is 0.160 e. The van der Waals surface area contributed by atoms with E-state index in [1.807, 2.05) is 30.5 Å². The minimum atomic E-state index is 0.671. The summed E-state index contributed by atoms with van der Waals surface area (Å²) in [7, 11) is 0. The Morgan fingerprint density at radius 1 is 0.259 bits per heavy atom. The molecule has 3 heteroatoms. The molecule has 0 N–H and O–H groups in total. The maximum atomic E-state index is 5.29. The van der Waals surface area contributed by atoms with Crippen molar-refractivity contribution in [2.24, 2.45) is 0 Å². The first-order valence-electron chi connectivity index (χ1n) is 19.7. The molecule has 0 radical (unpaired) electrons. The quantitative estimate of drug-likeness (QED) is 0.160. The van der Waals surface area contributed by atoms with Gasteiger partial charge in [0.2, 0.25) is 0 Å². The number of rotatable bonds is 6. The van der Waals surface area contributed by atoms with Crippen LogP contribution in [0.4, 0.5) is 0 Å². The molecule has 0 aliphatic heterocycles. The van der Waals surface area contributed by atoms with Gasteiger partial charge >= 0.3 is 0 Å². The molecule has 2 aromatic heterocycles. The van der Waals surface area contributed by atoms with Crippen LogP contribution in [0.2, 0.25) is 0 Å². The second-order valence-electron chi connectivity index (χ2n) is 14.8. The first-order valence-corrected chi connectivity index (χ1v) is 19.7. The predicted octanol–water partition coefficient (Wildman–Crippen LogP) is 14.5. The zero-order chi connectivity index (χ0) is 38.4. The van der Waals surface area contributed by atoms with E-state index in [1.54, 1.807) is 0 Å². The first kappa shape index (κ1) is 33.6. The van der Waals surface area contributed by atoms with Crippen LogP contribution in [-0.2, 0) is 0 Å². The minimum absolute atomic E-state index is 0.671. The second kappa shape index (κ2) is 14.1. The fourth-order valence-electron chi connectivity index (χ4n) is 8.53. The molecule has 0 amide bonds. The van der Waals surface area contributed by atoms with E-state index in [9.17, 15) is 0 Å². The maximum Gasteiger partial charge on any atom is 0.160 e. The Bertz CT molecular complexity index is 3340. The van der Waals surface area contributed by atoms with Crippen LogP contribution in [0.15, 0.2) is 212 Å². The van der Waals surface area contributed by atoms with Crippen LogP contribution in [0.5, 0.6) is 0 Å². The predicted molar refractivity (Wildman–Crippen MR) is 242 cm³/mol. The lowest BCUT2D eigenvalue weighted by Gasteiger charge is -2.17. The number of fused-ring (bicyclic) bond motifs is 6. The Morgan fingerprint density at radius 3 is 1.52 bits per heavy atom. The van der Waals surface area contributed by atoms with Crippen molar-refractivity contribution in [3.63, 3.8) is 0 Å². The fourth-order valence-corrected chi connectivity index (χ4v) is 8.53. The molecule has 0 saturated carbocycles. The molecule has 11 aromatic rings. The molecule has 9 aromatic carbocycles. The third kappa shape index (κ3) is 5.89. The lowest BCUT2D eigenvalue weighted by molar-refractivity contribution is 1.18. The molecule has 0 saturated heterocycles. The Labute approximate surface area is 336 Å². The SMILES string of the molecule is c1ccc(-c2cc(-c3ccccc3-c3ccccn3)nc(-c3cccc(-c4cc5c6ccccc6c(-c6ccc7ccccc7c6)cc5c5ccccc45)c3)n2)cc1. The summed E-state index contributed by atoms with van der Waals surface area (Å²) in [4.78, 5) is 15.2. The summed E-state index contributed by atoms with van der Waals surface area (Å²) in [5.41, 5.74) is 11.4. The Balaban J connectivity index is 1.10. The summed E-state index contributed by atoms with van der Waals surface area (Å²) in [6.45, 7) is 0. The van der Waals surface area contributed by atoms with Crippen LogP contribution in [0.1, 0.15) is 0 Å². The van der Waals surface area contributed by atoms with E-state index in [4.69, 9.17) is 15.0 Å². The summed E-state index contributed by atoms with van der Waals surface area (Å²) in [6, 6.07) is 73.4. The molecule has 11 rings (SSSR count). The van der Waals surface area contributed by atoms with Crippen molar-refractivity contribution in [1.29, 1.82) is 0 Å². The van der Waals surface area contributed by atoms with Crippen LogP contribution < -0.4 is 0 Å². The number of nitrogens with zero attached hydrogens (tertiary/aromatic N) is 3. The summed E-state index contributed by atoms with van der Waals surface area (Å²) in [5.74, 6) is 0.671. The van der Waals surface area contributed by atoms with Gasteiger partial charge in [0.05, 0.1) is 17.1 Å². The maximum absolute atomic E-state index is 5.29. The number of benzene rings is 9. The highest BCUT2D eigenvalue weighted by Crippen LogP contribution is 2.43. The topological polar surface area (TPSA) is 38.7 Å². The highest BCUT2D eigenvalue weighted by molar-refractivity contribution is 6.24. The van der Waals surface area contributed by atoms with Crippen molar-refractivity contribution in [2.45, 2.75) is 0 Å². The minimum Gasteiger partial charge on any atom is -0.256 e.